The number of nitrogens with one attached hydrogen (secondary N) is 2. The van der Waals surface area contributed by atoms with Gasteiger partial charge in [0.2, 0.25) is 11.1 Å². The van der Waals surface area contributed by atoms with Crippen molar-refractivity contribution >= 4 is 40.6 Å². The Morgan fingerprint density at radius 1 is 1.42 bits per heavy atom. The summed E-state index contributed by atoms with van der Waals surface area (Å²) in [5, 5.41) is 13.0. The molecule has 0 saturated heterocycles. The maximum atomic E-state index is 12.0. The van der Waals surface area contributed by atoms with Crippen molar-refractivity contribution in [1.29, 1.82) is 0 Å². The summed E-state index contributed by atoms with van der Waals surface area (Å²) < 4.78 is 5.32. The average Bonchev–Trinajstić information content (AvgIpc) is 3.27. The Morgan fingerprint density at radius 3 is 3.00 bits per heavy atom. The maximum absolute atomic E-state index is 12.0. The summed E-state index contributed by atoms with van der Waals surface area (Å²) >= 11 is 8.95. The van der Waals surface area contributed by atoms with Gasteiger partial charge in [-0.1, -0.05) is 23.4 Å². The van der Waals surface area contributed by atoms with Gasteiger partial charge in [-0.05, 0) is 42.1 Å². The number of carbonyl (C=O) groups is 1. The molecule has 0 fully saturated rings. The fraction of sp³-hybridized carbons (Fsp3) is 0.235. The third kappa shape index (κ3) is 4.57. The molecule has 0 aliphatic rings. The molecular formula is C17H17ClN4O2S2. The monoisotopic (exact) mass is 408 g/mol. The zero-order chi connectivity index (χ0) is 18.5. The smallest absolute Gasteiger partial charge is 0.230 e. The second-order valence-corrected chi connectivity index (χ2v) is 7.78. The number of amides is 1. The van der Waals surface area contributed by atoms with Gasteiger partial charge in [0.05, 0.1) is 25.0 Å². The molecule has 0 aliphatic carbocycles. The second-order valence-electron chi connectivity index (χ2n) is 5.40. The Morgan fingerprint density at radius 2 is 2.27 bits per heavy atom. The van der Waals surface area contributed by atoms with Gasteiger partial charge >= 0.3 is 0 Å². The van der Waals surface area contributed by atoms with Crippen LogP contribution in [-0.2, 0) is 11.3 Å². The number of ether oxygens (including phenoxy) is 1. The van der Waals surface area contributed by atoms with E-state index in [1.807, 2.05) is 18.4 Å². The van der Waals surface area contributed by atoms with Crippen LogP contribution in [0.2, 0.25) is 5.02 Å². The lowest BCUT2D eigenvalue weighted by Gasteiger charge is -2.05. The minimum atomic E-state index is -0.0607. The molecule has 0 spiro atoms. The van der Waals surface area contributed by atoms with Gasteiger partial charge in [-0.2, -0.15) is 0 Å². The number of aryl methyl sites for hydroxylation is 1. The first-order valence-electron chi connectivity index (χ1n) is 7.75. The van der Waals surface area contributed by atoms with Gasteiger partial charge in [-0.3, -0.25) is 9.89 Å². The summed E-state index contributed by atoms with van der Waals surface area (Å²) in [6, 6.07) is 7.31. The molecule has 0 atom stereocenters. The largest absolute Gasteiger partial charge is 0.496 e. The number of aromatic amines is 1. The zero-order valence-corrected chi connectivity index (χ0v) is 16.6. The van der Waals surface area contributed by atoms with Gasteiger partial charge in [-0.15, -0.1) is 16.4 Å². The number of nitrogens with zero attached hydrogens (tertiary/aromatic N) is 2. The minimum Gasteiger partial charge on any atom is -0.496 e. The number of carbonyl (C=O) groups excluding carboxylic acids is 1. The lowest BCUT2D eigenvalue weighted by Crippen LogP contribution is -2.24. The van der Waals surface area contributed by atoms with Crippen molar-refractivity contribution < 1.29 is 9.53 Å². The third-order valence-corrected chi connectivity index (χ3v) is 5.73. The zero-order valence-electron chi connectivity index (χ0n) is 14.2. The molecule has 2 N–H and O–H groups in total. The van der Waals surface area contributed by atoms with Crippen molar-refractivity contribution in [2.24, 2.45) is 0 Å². The highest BCUT2D eigenvalue weighted by molar-refractivity contribution is 7.99. The van der Waals surface area contributed by atoms with Gasteiger partial charge in [0.25, 0.3) is 0 Å². The third-order valence-electron chi connectivity index (χ3n) is 3.63. The predicted molar refractivity (Wildman–Crippen MR) is 105 cm³/mol. The van der Waals surface area contributed by atoms with Gasteiger partial charge < -0.3 is 10.1 Å². The van der Waals surface area contributed by atoms with Crippen LogP contribution in [0.15, 0.2) is 34.8 Å². The second kappa shape index (κ2) is 8.57. The van der Waals surface area contributed by atoms with Gasteiger partial charge in [0.1, 0.15) is 5.75 Å². The van der Waals surface area contributed by atoms with Gasteiger partial charge in [0.15, 0.2) is 5.82 Å². The van der Waals surface area contributed by atoms with Crippen LogP contribution in [0.5, 0.6) is 5.75 Å². The van der Waals surface area contributed by atoms with Crippen molar-refractivity contribution in [2.45, 2.75) is 18.6 Å². The van der Waals surface area contributed by atoms with E-state index < -0.39 is 0 Å². The molecule has 136 valence electrons. The number of hydrogen-bond acceptors (Lipinski definition) is 6. The predicted octanol–water partition coefficient (Wildman–Crippen LogP) is 3.91. The van der Waals surface area contributed by atoms with E-state index in [-0.39, 0.29) is 11.7 Å². The summed E-state index contributed by atoms with van der Waals surface area (Å²) in [4.78, 5) is 17.6. The van der Waals surface area contributed by atoms with E-state index in [0.717, 1.165) is 10.4 Å². The van der Waals surface area contributed by atoms with E-state index in [1.54, 1.807) is 36.6 Å². The Kier molecular flexibility index (Phi) is 6.18. The highest BCUT2D eigenvalue weighted by atomic mass is 35.5. The van der Waals surface area contributed by atoms with E-state index >= 15 is 0 Å². The van der Waals surface area contributed by atoms with Crippen LogP contribution in [0.3, 0.4) is 0 Å². The number of aromatic nitrogens is 3. The normalized spacial score (nSPS) is 10.7. The van der Waals surface area contributed by atoms with E-state index in [0.29, 0.717) is 28.3 Å². The van der Waals surface area contributed by atoms with Gasteiger partial charge in [0, 0.05) is 9.90 Å². The molecular weight excluding hydrogens is 392 g/mol. The van der Waals surface area contributed by atoms with Crippen LogP contribution in [0, 0.1) is 6.92 Å². The molecule has 26 heavy (non-hydrogen) atoms. The van der Waals surface area contributed by atoms with Crippen molar-refractivity contribution in [3.8, 4) is 17.1 Å². The standard InChI is InChI=1S/C17H17ClN4O2S2/c1-10-5-6-25-14(10)8-19-15(23)9-26-17-20-16(21-22-17)12-7-11(18)3-4-13(12)24-2/h3-7H,8-9H2,1-2H3,(H,19,23)(H,20,21,22). The number of hydrogen-bond donors (Lipinski definition) is 2. The van der Waals surface area contributed by atoms with Crippen LogP contribution in [-0.4, -0.2) is 34.0 Å². The van der Waals surface area contributed by atoms with Crippen LogP contribution in [0.25, 0.3) is 11.4 Å². The lowest BCUT2D eigenvalue weighted by atomic mass is 10.2. The first kappa shape index (κ1) is 18.8. The number of thiophene rings is 1. The molecule has 1 amide bonds. The first-order chi connectivity index (χ1) is 12.6. The number of rotatable bonds is 7. The fourth-order valence-electron chi connectivity index (χ4n) is 2.24. The topological polar surface area (TPSA) is 79.9 Å². The van der Waals surface area contributed by atoms with Crippen LogP contribution in [0.4, 0.5) is 0 Å². The van der Waals surface area contributed by atoms with E-state index in [9.17, 15) is 4.79 Å². The van der Waals surface area contributed by atoms with Crippen LogP contribution < -0.4 is 10.1 Å². The number of halogens is 1. The Bertz CT molecular complexity index is 910. The number of thioether (sulfide) groups is 1. The highest BCUT2D eigenvalue weighted by Crippen LogP contribution is 2.31. The Hall–Kier alpha value is -2.03. The van der Waals surface area contributed by atoms with Crippen molar-refractivity contribution in [1.82, 2.24) is 20.5 Å². The van der Waals surface area contributed by atoms with Crippen molar-refractivity contribution in [3.63, 3.8) is 0 Å². The summed E-state index contributed by atoms with van der Waals surface area (Å²) in [6.45, 7) is 2.58. The number of methoxy groups -OCH3 is 1. The molecule has 3 rings (SSSR count). The quantitative estimate of drug-likeness (QED) is 0.579. The average molecular weight is 409 g/mol. The molecule has 0 saturated carbocycles. The fourth-order valence-corrected chi connectivity index (χ4v) is 3.89. The Labute approximate surface area is 164 Å². The van der Waals surface area contributed by atoms with E-state index in [1.165, 1.54) is 17.3 Å². The molecule has 0 unspecified atom stereocenters. The molecule has 0 aliphatic heterocycles. The van der Waals surface area contributed by atoms with Crippen molar-refractivity contribution in [3.05, 3.63) is 45.1 Å². The molecule has 3 aromatic rings. The summed E-state index contributed by atoms with van der Waals surface area (Å²) in [5.74, 6) is 1.37. The first-order valence-corrected chi connectivity index (χ1v) is 10.00. The summed E-state index contributed by atoms with van der Waals surface area (Å²) in [7, 11) is 1.58. The Balaban J connectivity index is 1.58. The highest BCUT2D eigenvalue weighted by Gasteiger charge is 2.13. The molecule has 2 heterocycles. The summed E-state index contributed by atoms with van der Waals surface area (Å²) in [5.41, 5.74) is 1.91. The maximum Gasteiger partial charge on any atom is 0.230 e. The number of benzene rings is 1. The minimum absolute atomic E-state index is 0.0607. The van der Waals surface area contributed by atoms with Crippen LogP contribution >= 0.6 is 34.7 Å². The number of H-pyrrole nitrogens is 1. The van der Waals surface area contributed by atoms with Gasteiger partial charge in [-0.25, -0.2) is 4.98 Å². The molecule has 1 aromatic carbocycles. The molecule has 2 aromatic heterocycles. The van der Waals surface area contributed by atoms with Crippen molar-refractivity contribution in [2.75, 3.05) is 12.9 Å². The van der Waals surface area contributed by atoms with E-state index in [4.69, 9.17) is 16.3 Å². The van der Waals surface area contributed by atoms with Crippen LogP contribution in [0.1, 0.15) is 10.4 Å². The molecule has 6 nitrogen and oxygen atoms in total. The molecule has 0 radical (unpaired) electrons. The molecule has 9 heteroatoms. The molecule has 0 bridgehead atoms. The SMILES string of the molecule is COc1ccc(Cl)cc1-c1nc(SCC(=O)NCc2sccc2C)n[nH]1. The summed E-state index contributed by atoms with van der Waals surface area (Å²) in [6.07, 6.45) is 0. The lowest BCUT2D eigenvalue weighted by molar-refractivity contribution is -0.118. The van der Waals surface area contributed by atoms with E-state index in [2.05, 4.69) is 20.5 Å².